The van der Waals surface area contributed by atoms with Gasteiger partial charge in [-0.2, -0.15) is 0 Å². The van der Waals surface area contributed by atoms with Crippen molar-refractivity contribution in [2.75, 3.05) is 0 Å². The summed E-state index contributed by atoms with van der Waals surface area (Å²) in [5.41, 5.74) is 20.8. The van der Waals surface area contributed by atoms with Gasteiger partial charge in [-0.15, -0.1) is 0 Å². The summed E-state index contributed by atoms with van der Waals surface area (Å²) in [5.74, 6) is 0. The van der Waals surface area contributed by atoms with Crippen molar-refractivity contribution in [1.29, 1.82) is 0 Å². The van der Waals surface area contributed by atoms with Gasteiger partial charge in [-0.1, -0.05) is 0 Å². The zero-order valence-electron chi connectivity index (χ0n) is 36.0. The third-order valence-electron chi connectivity index (χ3n) is 15.2. The van der Waals surface area contributed by atoms with Crippen molar-refractivity contribution in [3.05, 3.63) is 179 Å². The van der Waals surface area contributed by atoms with E-state index in [9.17, 15) is 0 Å². The van der Waals surface area contributed by atoms with E-state index in [1.165, 1.54) is 133 Å². The van der Waals surface area contributed by atoms with Gasteiger partial charge in [0.2, 0.25) is 0 Å². The van der Waals surface area contributed by atoms with E-state index in [-0.39, 0.29) is 30.7 Å². The zero-order chi connectivity index (χ0) is 42.3. The fourth-order valence-electron chi connectivity index (χ4n) is 11.8. The molecule has 14 rings (SSSR count). The molecular formula is C59H42S3Se. The molecule has 0 atom stereocenters. The summed E-state index contributed by atoms with van der Waals surface area (Å²) in [4.78, 5) is 4.11. The van der Waals surface area contributed by atoms with E-state index in [0.29, 0.717) is 0 Å². The van der Waals surface area contributed by atoms with Gasteiger partial charge in [-0.05, 0) is 0 Å². The number of hydrogen-bond acceptors (Lipinski definition) is 3. The van der Waals surface area contributed by atoms with E-state index in [1.54, 1.807) is 4.26 Å². The molecule has 63 heavy (non-hydrogen) atoms. The van der Waals surface area contributed by atoms with Gasteiger partial charge in [0.25, 0.3) is 0 Å². The predicted molar refractivity (Wildman–Crippen MR) is 276 cm³/mol. The fraction of sp³-hybridized carbons (Fsp3) is 0.153. The van der Waals surface area contributed by atoms with Gasteiger partial charge < -0.3 is 0 Å². The second-order valence-electron chi connectivity index (χ2n) is 19.6. The molecule has 0 nitrogen and oxygen atoms in total. The maximum atomic E-state index is 2.56. The SMILES string of the molecule is CC1(C)c2ccccc2-c2cc(-c3cc4c(s3)c3sc(-c5ccc6c(c5)C(C)(C)c5ccccc5-6)cc3c3c5sc(-c6ccc7c(c6)C(C)(C)c6ccccc6-7)cc5[se]c43)ccc21. The molecule has 0 spiro atoms. The summed E-state index contributed by atoms with van der Waals surface area (Å²) in [6, 6.07) is 56.5. The van der Waals surface area contributed by atoms with Crippen LogP contribution in [0.1, 0.15) is 74.9 Å². The van der Waals surface area contributed by atoms with Gasteiger partial charge in [-0.3, -0.25) is 0 Å². The van der Waals surface area contributed by atoms with Crippen molar-refractivity contribution in [2.45, 2.75) is 57.8 Å². The summed E-state index contributed by atoms with van der Waals surface area (Å²) >= 11 is 6.22. The van der Waals surface area contributed by atoms with Crippen LogP contribution in [-0.4, -0.2) is 14.5 Å². The summed E-state index contributed by atoms with van der Waals surface area (Å²) < 4.78 is 7.45. The standard InChI is InChI=1S/C59H42S3Se/c1-57(2)44-18-12-9-15-36(44)39-25-31(21-24-45(39)57)49-29-41-54(61-49)53-40(28-48(60-53)32-19-22-37-34-13-7-10-16-42(34)58(3,4)46(37)26-32)52-55-51(63-56(41)52)30-50(62-55)33-20-23-38-35-14-8-11-17-43(35)59(5,6)47(38)27-33/h7-30H,1-6H3. The molecule has 0 N–H and O–H groups in total. The molecule has 0 radical (unpaired) electrons. The van der Waals surface area contributed by atoms with Crippen LogP contribution in [-0.2, 0) is 16.2 Å². The van der Waals surface area contributed by atoms with Gasteiger partial charge in [0.15, 0.2) is 0 Å². The van der Waals surface area contributed by atoms with Crippen LogP contribution in [0, 0.1) is 0 Å². The molecule has 7 aromatic carbocycles. The van der Waals surface area contributed by atoms with Crippen molar-refractivity contribution in [3.63, 3.8) is 0 Å². The molecule has 0 saturated heterocycles. The van der Waals surface area contributed by atoms with Crippen LogP contribution in [0.4, 0.5) is 0 Å². The Labute approximate surface area is 385 Å². The fourth-order valence-corrected chi connectivity index (χ4v) is 18.8. The second kappa shape index (κ2) is 12.5. The minimum atomic E-state index is -0.0400. The average Bonchev–Trinajstić information content (AvgIpc) is 4.16. The average molecular weight is 926 g/mol. The van der Waals surface area contributed by atoms with Crippen molar-refractivity contribution in [1.82, 2.24) is 0 Å². The minimum absolute atomic E-state index is 0.000320. The van der Waals surface area contributed by atoms with Crippen LogP contribution < -0.4 is 0 Å². The molecule has 4 aromatic heterocycles. The van der Waals surface area contributed by atoms with E-state index >= 15 is 0 Å². The Kier molecular flexibility index (Phi) is 7.35. The molecule has 4 heterocycles. The second-order valence-corrected chi connectivity index (χ2v) is 25.0. The van der Waals surface area contributed by atoms with Gasteiger partial charge >= 0.3 is 389 Å². The monoisotopic (exact) mass is 926 g/mol. The number of fused-ring (bicyclic) bond motifs is 17. The first-order valence-electron chi connectivity index (χ1n) is 22.1. The molecule has 0 bridgehead atoms. The summed E-state index contributed by atoms with van der Waals surface area (Å²) in [6.07, 6.45) is 0. The summed E-state index contributed by atoms with van der Waals surface area (Å²) in [5, 5.41) is 4.38. The quantitative estimate of drug-likeness (QED) is 0.155. The number of thiophene rings is 3. The molecule has 0 saturated carbocycles. The molecule has 302 valence electrons. The Hall–Kier alpha value is -5.32. The van der Waals surface area contributed by atoms with Crippen molar-refractivity contribution in [3.8, 4) is 64.7 Å². The van der Waals surface area contributed by atoms with Crippen LogP contribution in [0.5, 0.6) is 0 Å². The predicted octanol–water partition coefficient (Wildman–Crippen LogP) is 17.5. The van der Waals surface area contributed by atoms with Crippen LogP contribution in [0.2, 0.25) is 0 Å². The molecular weight excluding hydrogens is 884 g/mol. The molecule has 3 aliphatic carbocycles. The molecule has 0 fully saturated rings. The van der Waals surface area contributed by atoms with Crippen LogP contribution >= 0.6 is 34.0 Å². The first kappa shape index (κ1) is 37.1. The third kappa shape index (κ3) is 4.86. The molecule has 0 amide bonds. The van der Waals surface area contributed by atoms with E-state index in [1.807, 2.05) is 34.0 Å². The maximum absolute atomic E-state index is 2.56. The van der Waals surface area contributed by atoms with E-state index in [4.69, 9.17) is 0 Å². The Morgan fingerprint density at radius 2 is 0.762 bits per heavy atom. The van der Waals surface area contributed by atoms with Gasteiger partial charge in [-0.25, -0.2) is 0 Å². The molecule has 0 aliphatic heterocycles. The normalized spacial score (nSPS) is 15.8. The van der Waals surface area contributed by atoms with Crippen molar-refractivity contribution < 1.29 is 0 Å². The first-order valence-corrected chi connectivity index (χ1v) is 26.2. The van der Waals surface area contributed by atoms with Gasteiger partial charge in [0, 0.05) is 0 Å². The Balaban J connectivity index is 0.974. The number of hydrogen-bond donors (Lipinski definition) is 0. The van der Waals surface area contributed by atoms with Crippen molar-refractivity contribution in [2.24, 2.45) is 0 Å². The van der Waals surface area contributed by atoms with Crippen LogP contribution in [0.15, 0.2) is 146 Å². The Bertz CT molecular complexity index is 3830. The number of benzene rings is 7. The molecule has 3 aliphatic rings. The molecule has 4 heteroatoms. The van der Waals surface area contributed by atoms with Crippen LogP contribution in [0.25, 0.3) is 103 Å². The van der Waals surface area contributed by atoms with E-state index in [2.05, 4.69) is 187 Å². The van der Waals surface area contributed by atoms with E-state index in [0.717, 1.165) is 0 Å². The summed E-state index contributed by atoms with van der Waals surface area (Å²) in [7, 11) is 0. The Morgan fingerprint density at radius 1 is 0.349 bits per heavy atom. The van der Waals surface area contributed by atoms with Crippen LogP contribution in [0.3, 0.4) is 0 Å². The van der Waals surface area contributed by atoms with Crippen molar-refractivity contribution >= 4 is 87.3 Å². The Morgan fingerprint density at radius 3 is 1.35 bits per heavy atom. The number of rotatable bonds is 3. The van der Waals surface area contributed by atoms with E-state index < -0.39 is 0 Å². The van der Waals surface area contributed by atoms with Gasteiger partial charge in [0.05, 0.1) is 0 Å². The summed E-state index contributed by atoms with van der Waals surface area (Å²) in [6.45, 7) is 14.3. The first-order chi connectivity index (χ1) is 30.5. The van der Waals surface area contributed by atoms with Gasteiger partial charge in [0.1, 0.15) is 0 Å². The third-order valence-corrected chi connectivity index (χ3v) is 21.6. The molecule has 0 unspecified atom stereocenters. The topological polar surface area (TPSA) is 0 Å². The zero-order valence-corrected chi connectivity index (χ0v) is 40.2. The molecule has 11 aromatic rings.